The number of nitrogens with zero attached hydrogens (tertiary/aromatic N) is 2. The summed E-state index contributed by atoms with van der Waals surface area (Å²) in [6.07, 6.45) is 4.84. The monoisotopic (exact) mass is 350 g/mol. The predicted molar refractivity (Wildman–Crippen MR) is 106 cm³/mol. The van der Waals surface area contributed by atoms with E-state index in [1.165, 1.54) is 24.8 Å². The Morgan fingerprint density at radius 3 is 2.96 bits per heavy atom. The van der Waals surface area contributed by atoms with E-state index in [0.29, 0.717) is 11.6 Å². The van der Waals surface area contributed by atoms with Crippen molar-refractivity contribution in [2.75, 3.05) is 35.2 Å². The molecule has 4 bridgehead atoms. The minimum atomic E-state index is -0.163. The molecule has 136 valence electrons. The smallest absolute Gasteiger partial charge is 0.274 e. The van der Waals surface area contributed by atoms with Gasteiger partial charge >= 0.3 is 0 Å². The van der Waals surface area contributed by atoms with Crippen LogP contribution >= 0.6 is 0 Å². The van der Waals surface area contributed by atoms with E-state index < -0.39 is 0 Å². The Morgan fingerprint density at radius 2 is 2.04 bits per heavy atom. The van der Waals surface area contributed by atoms with Gasteiger partial charge in [-0.2, -0.15) is 0 Å². The highest BCUT2D eigenvalue weighted by atomic mass is 16.1. The van der Waals surface area contributed by atoms with Crippen molar-refractivity contribution in [3.8, 4) is 0 Å². The Hall–Kier alpha value is -2.56. The topological polar surface area (TPSA) is 57.3 Å². The number of rotatable bonds is 0. The average molecular weight is 350 g/mol. The molecule has 4 rings (SSSR count). The Bertz CT molecular complexity index is 804. The van der Waals surface area contributed by atoms with E-state index in [1.54, 1.807) is 6.07 Å². The summed E-state index contributed by atoms with van der Waals surface area (Å²) in [5, 5.41) is 6.44. The Labute approximate surface area is 154 Å². The zero-order valence-electron chi connectivity index (χ0n) is 15.3. The zero-order chi connectivity index (χ0) is 17.9. The van der Waals surface area contributed by atoms with Gasteiger partial charge in [0.1, 0.15) is 11.5 Å². The maximum absolute atomic E-state index is 12.7. The van der Waals surface area contributed by atoms with E-state index in [2.05, 4.69) is 39.6 Å². The number of hydrogen-bond donors (Lipinski definition) is 2. The van der Waals surface area contributed by atoms with Crippen LogP contribution in [0.25, 0.3) is 0 Å². The molecule has 26 heavy (non-hydrogen) atoms. The van der Waals surface area contributed by atoms with Gasteiger partial charge < -0.3 is 15.5 Å². The predicted octanol–water partition coefficient (Wildman–Crippen LogP) is 4.06. The fraction of sp³-hybridized carbons (Fsp3) is 0.429. The summed E-state index contributed by atoms with van der Waals surface area (Å²) in [4.78, 5) is 19.7. The molecule has 1 atom stereocenters. The van der Waals surface area contributed by atoms with Crippen molar-refractivity contribution in [2.45, 2.75) is 32.6 Å². The lowest BCUT2D eigenvalue weighted by atomic mass is 9.92. The van der Waals surface area contributed by atoms with E-state index >= 15 is 0 Å². The van der Waals surface area contributed by atoms with Crippen LogP contribution in [0.15, 0.2) is 36.4 Å². The summed E-state index contributed by atoms with van der Waals surface area (Å²) < 4.78 is 0. The molecule has 2 aromatic rings. The standard InChI is InChI=1S/C21H26N4O/c1-15-9-10-17-19(13-15)25-12-4-6-16(14-25)5-3-11-22-20-8-2-7-18(23-20)21(26)24-17/h2,7-10,13,16H,3-6,11-12,14H2,1H3,(H,22,23)(H,24,26). The van der Waals surface area contributed by atoms with Crippen molar-refractivity contribution in [1.82, 2.24) is 4.98 Å². The highest BCUT2D eigenvalue weighted by Gasteiger charge is 2.23. The van der Waals surface area contributed by atoms with Crippen molar-refractivity contribution in [1.29, 1.82) is 0 Å². The summed E-state index contributed by atoms with van der Waals surface area (Å²) in [5.41, 5.74) is 3.66. The molecular weight excluding hydrogens is 324 g/mol. The molecule has 2 N–H and O–H groups in total. The molecule has 1 aromatic carbocycles. The molecule has 0 aliphatic carbocycles. The van der Waals surface area contributed by atoms with Crippen LogP contribution in [0.5, 0.6) is 0 Å². The number of aryl methyl sites for hydroxylation is 1. The quantitative estimate of drug-likeness (QED) is 0.752. The molecule has 1 unspecified atom stereocenters. The molecule has 1 amide bonds. The summed E-state index contributed by atoms with van der Waals surface area (Å²) in [5.74, 6) is 1.31. The second kappa shape index (κ2) is 7.36. The Kier molecular flexibility index (Phi) is 4.78. The number of hydrogen-bond acceptors (Lipinski definition) is 4. The number of aromatic nitrogens is 1. The van der Waals surface area contributed by atoms with Crippen LogP contribution in [0.2, 0.25) is 0 Å². The molecule has 2 aliphatic heterocycles. The second-order valence-electron chi connectivity index (χ2n) is 7.41. The number of piperidine rings is 1. The van der Waals surface area contributed by atoms with Gasteiger partial charge in [-0.1, -0.05) is 12.1 Å². The number of carbonyl (C=O) groups excluding carboxylic acids is 1. The van der Waals surface area contributed by atoms with Crippen molar-refractivity contribution in [2.24, 2.45) is 5.92 Å². The first-order valence-electron chi connectivity index (χ1n) is 9.57. The van der Waals surface area contributed by atoms with Crippen LogP contribution in [-0.4, -0.2) is 30.5 Å². The van der Waals surface area contributed by atoms with Crippen LogP contribution in [0.1, 0.15) is 41.7 Å². The molecule has 0 radical (unpaired) electrons. The number of anilines is 3. The van der Waals surface area contributed by atoms with Crippen LogP contribution in [0.4, 0.5) is 17.2 Å². The van der Waals surface area contributed by atoms with E-state index in [-0.39, 0.29) is 5.91 Å². The van der Waals surface area contributed by atoms with Gasteiger partial charge in [-0.25, -0.2) is 4.98 Å². The largest absolute Gasteiger partial charge is 0.370 e. The average Bonchev–Trinajstić information content (AvgIpc) is 2.66. The van der Waals surface area contributed by atoms with E-state index in [1.807, 2.05) is 18.2 Å². The van der Waals surface area contributed by atoms with E-state index in [0.717, 1.165) is 43.2 Å². The molecule has 0 saturated carbocycles. The van der Waals surface area contributed by atoms with Gasteiger partial charge in [0.2, 0.25) is 0 Å². The van der Waals surface area contributed by atoms with Crippen molar-refractivity contribution in [3.63, 3.8) is 0 Å². The Morgan fingerprint density at radius 1 is 1.15 bits per heavy atom. The molecule has 1 fully saturated rings. The van der Waals surface area contributed by atoms with Gasteiger partial charge in [0, 0.05) is 19.6 Å². The van der Waals surface area contributed by atoms with Crippen molar-refractivity contribution < 1.29 is 4.79 Å². The molecule has 3 heterocycles. The molecular formula is C21H26N4O. The molecule has 5 heteroatoms. The maximum atomic E-state index is 12.7. The summed E-state index contributed by atoms with van der Waals surface area (Å²) in [7, 11) is 0. The first-order chi connectivity index (χ1) is 12.7. The van der Waals surface area contributed by atoms with Gasteiger partial charge in [0.15, 0.2) is 0 Å². The van der Waals surface area contributed by atoms with Gasteiger partial charge in [-0.15, -0.1) is 0 Å². The number of nitrogens with one attached hydrogen (secondary N) is 2. The van der Waals surface area contributed by atoms with E-state index in [9.17, 15) is 4.79 Å². The molecule has 2 aliphatic rings. The number of carbonyl (C=O) groups is 1. The molecule has 0 spiro atoms. The fourth-order valence-electron chi connectivity index (χ4n) is 3.98. The first-order valence-corrected chi connectivity index (χ1v) is 9.57. The second-order valence-corrected chi connectivity index (χ2v) is 7.41. The number of benzene rings is 1. The number of amides is 1. The lowest BCUT2D eigenvalue weighted by Gasteiger charge is -2.36. The van der Waals surface area contributed by atoms with Gasteiger partial charge in [-0.3, -0.25) is 4.79 Å². The van der Waals surface area contributed by atoms with Crippen LogP contribution in [0, 0.1) is 12.8 Å². The zero-order valence-corrected chi connectivity index (χ0v) is 15.3. The lowest BCUT2D eigenvalue weighted by Crippen LogP contribution is -2.36. The van der Waals surface area contributed by atoms with Crippen LogP contribution in [0.3, 0.4) is 0 Å². The van der Waals surface area contributed by atoms with Crippen LogP contribution < -0.4 is 15.5 Å². The summed E-state index contributed by atoms with van der Waals surface area (Å²) in [6, 6.07) is 11.8. The highest BCUT2D eigenvalue weighted by Crippen LogP contribution is 2.32. The fourth-order valence-corrected chi connectivity index (χ4v) is 3.98. The molecule has 1 saturated heterocycles. The van der Waals surface area contributed by atoms with Crippen LogP contribution in [-0.2, 0) is 0 Å². The third kappa shape index (κ3) is 3.66. The van der Waals surface area contributed by atoms with Gasteiger partial charge in [0.25, 0.3) is 5.91 Å². The summed E-state index contributed by atoms with van der Waals surface area (Å²) in [6.45, 7) is 5.11. The number of pyridine rings is 1. The molecule has 1 aromatic heterocycles. The number of fused-ring (bicyclic) bond motifs is 6. The minimum absolute atomic E-state index is 0.163. The molecule has 5 nitrogen and oxygen atoms in total. The third-order valence-electron chi connectivity index (χ3n) is 5.34. The normalized spacial score (nSPS) is 20.4. The highest BCUT2D eigenvalue weighted by molar-refractivity contribution is 6.05. The SMILES string of the molecule is Cc1ccc2c(c1)N1CCCC(CCCNc3cccc(n3)C(=O)N2)C1. The Balaban J connectivity index is 1.71. The van der Waals surface area contributed by atoms with Crippen molar-refractivity contribution in [3.05, 3.63) is 47.7 Å². The third-order valence-corrected chi connectivity index (χ3v) is 5.34. The van der Waals surface area contributed by atoms with Gasteiger partial charge in [-0.05, 0) is 68.4 Å². The summed E-state index contributed by atoms with van der Waals surface area (Å²) >= 11 is 0. The van der Waals surface area contributed by atoms with E-state index in [4.69, 9.17) is 0 Å². The van der Waals surface area contributed by atoms with Crippen molar-refractivity contribution >= 4 is 23.1 Å². The minimum Gasteiger partial charge on any atom is -0.370 e. The first kappa shape index (κ1) is 16.9. The van der Waals surface area contributed by atoms with Gasteiger partial charge in [0.05, 0.1) is 11.4 Å². The lowest BCUT2D eigenvalue weighted by molar-refractivity contribution is 0.102. The maximum Gasteiger partial charge on any atom is 0.274 e.